The highest BCUT2D eigenvalue weighted by Gasteiger charge is 2.36. The van der Waals surface area contributed by atoms with Gasteiger partial charge in [-0.15, -0.1) is 0 Å². The van der Waals surface area contributed by atoms with Crippen LogP contribution in [0.25, 0.3) is 0 Å². The Balaban J connectivity index is 2.83. The van der Waals surface area contributed by atoms with E-state index in [1.165, 1.54) is 6.92 Å². The predicted octanol–water partition coefficient (Wildman–Crippen LogP) is 3.15. The normalized spacial score (nSPS) is 27.9. The monoisotopic (exact) mass is 280 g/mol. The first-order valence-corrected chi connectivity index (χ1v) is 6.76. The highest BCUT2D eigenvalue weighted by molar-refractivity contribution is 5.66. The first kappa shape index (κ1) is 16.5. The van der Waals surface area contributed by atoms with Crippen molar-refractivity contribution >= 4 is 5.97 Å². The quantitative estimate of drug-likeness (QED) is 0.441. The summed E-state index contributed by atoms with van der Waals surface area (Å²) in [4.78, 5) is 11.2. The third kappa shape index (κ3) is 4.85. The molecule has 0 aromatic carbocycles. The summed E-state index contributed by atoms with van der Waals surface area (Å²) in [5.41, 5.74) is 0.483. The summed E-state index contributed by atoms with van der Waals surface area (Å²) in [5, 5.41) is 0. The average molecular weight is 280 g/mol. The first-order chi connectivity index (χ1) is 9.40. The van der Waals surface area contributed by atoms with E-state index in [1.807, 2.05) is 26.0 Å². The lowest BCUT2D eigenvalue weighted by molar-refractivity contribution is -0.167. The second-order valence-corrected chi connectivity index (χ2v) is 5.21. The molecule has 1 rings (SSSR count). The molecule has 4 nitrogen and oxygen atoms in total. The molecule has 1 saturated heterocycles. The van der Waals surface area contributed by atoms with E-state index in [1.54, 1.807) is 13.2 Å². The lowest BCUT2D eigenvalue weighted by atomic mass is 9.88. The van der Waals surface area contributed by atoms with Gasteiger partial charge < -0.3 is 14.2 Å². The van der Waals surface area contributed by atoms with Crippen LogP contribution >= 0.6 is 0 Å². The standard InChI is InChI=1S/C16H24O4/c1-6-14(8-7-12(2)18-5)15-11-16(4,9-10-19-15)20-13(3)17/h6-8,15H,1,9-11H2,2-5H3/b12-7+,14-8+. The molecular formula is C16H24O4. The Bertz CT molecular complexity index is 422. The number of carbonyl (C=O) groups excluding carboxylic acids is 1. The Morgan fingerprint density at radius 1 is 1.40 bits per heavy atom. The van der Waals surface area contributed by atoms with Crippen molar-refractivity contribution in [3.8, 4) is 0 Å². The number of rotatable bonds is 5. The number of hydrogen-bond acceptors (Lipinski definition) is 4. The summed E-state index contributed by atoms with van der Waals surface area (Å²) in [7, 11) is 1.63. The molecule has 0 bridgehead atoms. The zero-order chi connectivity index (χ0) is 15.2. The minimum atomic E-state index is -0.475. The summed E-state index contributed by atoms with van der Waals surface area (Å²) < 4.78 is 16.3. The Morgan fingerprint density at radius 3 is 2.65 bits per heavy atom. The molecule has 1 heterocycles. The van der Waals surface area contributed by atoms with Crippen LogP contribution in [0.1, 0.15) is 33.6 Å². The lowest BCUT2D eigenvalue weighted by Gasteiger charge is -2.37. The second-order valence-electron chi connectivity index (χ2n) is 5.21. The zero-order valence-corrected chi connectivity index (χ0v) is 12.8. The van der Waals surface area contributed by atoms with Gasteiger partial charge in [0.25, 0.3) is 0 Å². The number of carbonyl (C=O) groups is 1. The molecule has 2 unspecified atom stereocenters. The molecule has 0 spiro atoms. The van der Waals surface area contributed by atoms with Gasteiger partial charge in [0.1, 0.15) is 5.60 Å². The fraction of sp³-hybridized carbons (Fsp3) is 0.562. The summed E-state index contributed by atoms with van der Waals surface area (Å²) in [6, 6.07) is 0. The molecule has 0 aromatic rings. The number of esters is 1. The van der Waals surface area contributed by atoms with Crippen molar-refractivity contribution in [1.82, 2.24) is 0 Å². The van der Waals surface area contributed by atoms with Crippen LogP contribution in [0, 0.1) is 0 Å². The van der Waals surface area contributed by atoms with E-state index in [-0.39, 0.29) is 12.1 Å². The summed E-state index contributed by atoms with van der Waals surface area (Å²) in [6.07, 6.45) is 6.79. The van der Waals surface area contributed by atoms with Crippen molar-refractivity contribution in [1.29, 1.82) is 0 Å². The molecule has 0 amide bonds. The Kier molecular flexibility index (Phi) is 6.02. The van der Waals surface area contributed by atoms with Gasteiger partial charge in [-0.05, 0) is 25.5 Å². The SMILES string of the molecule is C=C/C(=C\C=C(/C)OC)C1CC(C)(OC(C)=O)CCO1. The van der Waals surface area contributed by atoms with Crippen LogP contribution < -0.4 is 0 Å². The lowest BCUT2D eigenvalue weighted by Crippen LogP contribution is -2.42. The second kappa shape index (κ2) is 7.29. The average Bonchev–Trinajstić information content (AvgIpc) is 2.37. The third-order valence-electron chi connectivity index (χ3n) is 3.40. The van der Waals surface area contributed by atoms with E-state index in [0.717, 1.165) is 11.3 Å². The van der Waals surface area contributed by atoms with Crippen LogP contribution in [0.3, 0.4) is 0 Å². The fourth-order valence-corrected chi connectivity index (χ4v) is 2.21. The van der Waals surface area contributed by atoms with Crippen LogP contribution in [0.15, 0.2) is 36.1 Å². The molecule has 1 aliphatic rings. The molecule has 0 saturated carbocycles. The molecule has 20 heavy (non-hydrogen) atoms. The van der Waals surface area contributed by atoms with E-state index < -0.39 is 5.60 Å². The molecule has 2 atom stereocenters. The minimum absolute atomic E-state index is 0.119. The molecule has 0 aliphatic carbocycles. The fourth-order valence-electron chi connectivity index (χ4n) is 2.21. The van der Waals surface area contributed by atoms with E-state index in [4.69, 9.17) is 14.2 Å². The molecule has 0 radical (unpaired) electrons. The summed E-state index contributed by atoms with van der Waals surface area (Å²) in [6.45, 7) is 9.64. The first-order valence-electron chi connectivity index (χ1n) is 6.76. The van der Waals surface area contributed by atoms with E-state index in [2.05, 4.69) is 6.58 Å². The maximum absolute atomic E-state index is 11.2. The predicted molar refractivity (Wildman–Crippen MR) is 78.2 cm³/mol. The number of allylic oxidation sites excluding steroid dienone is 3. The van der Waals surface area contributed by atoms with Crippen LogP contribution in [0.2, 0.25) is 0 Å². The number of ether oxygens (including phenoxy) is 3. The van der Waals surface area contributed by atoms with Gasteiger partial charge in [-0.2, -0.15) is 0 Å². The topological polar surface area (TPSA) is 44.8 Å². The highest BCUT2D eigenvalue weighted by atomic mass is 16.6. The van der Waals surface area contributed by atoms with Gasteiger partial charge in [0.15, 0.2) is 0 Å². The van der Waals surface area contributed by atoms with Crippen LogP contribution in [-0.4, -0.2) is 31.4 Å². The molecular weight excluding hydrogens is 256 g/mol. The van der Waals surface area contributed by atoms with Gasteiger partial charge in [0.2, 0.25) is 0 Å². The molecule has 1 aliphatic heterocycles. The van der Waals surface area contributed by atoms with Crippen LogP contribution in [0.4, 0.5) is 0 Å². The van der Waals surface area contributed by atoms with Crippen molar-refractivity contribution in [2.75, 3.05) is 13.7 Å². The molecule has 0 aromatic heterocycles. The van der Waals surface area contributed by atoms with Crippen molar-refractivity contribution < 1.29 is 19.0 Å². The third-order valence-corrected chi connectivity index (χ3v) is 3.40. The van der Waals surface area contributed by atoms with Crippen molar-refractivity contribution in [3.05, 3.63) is 36.1 Å². The van der Waals surface area contributed by atoms with Crippen LogP contribution in [0.5, 0.6) is 0 Å². The Morgan fingerprint density at radius 2 is 2.10 bits per heavy atom. The number of hydrogen-bond donors (Lipinski definition) is 0. The van der Waals surface area contributed by atoms with E-state index in [0.29, 0.717) is 19.4 Å². The molecule has 4 heteroatoms. The van der Waals surface area contributed by atoms with Gasteiger partial charge in [0.05, 0.1) is 25.6 Å². The van der Waals surface area contributed by atoms with Crippen molar-refractivity contribution in [2.45, 2.75) is 45.3 Å². The smallest absolute Gasteiger partial charge is 0.303 e. The van der Waals surface area contributed by atoms with E-state index in [9.17, 15) is 4.79 Å². The van der Waals surface area contributed by atoms with Gasteiger partial charge >= 0.3 is 5.97 Å². The van der Waals surface area contributed by atoms with Gasteiger partial charge in [0, 0.05) is 19.8 Å². The van der Waals surface area contributed by atoms with Crippen LogP contribution in [-0.2, 0) is 19.0 Å². The van der Waals surface area contributed by atoms with Crippen molar-refractivity contribution in [3.63, 3.8) is 0 Å². The van der Waals surface area contributed by atoms with Gasteiger partial charge in [-0.1, -0.05) is 18.7 Å². The van der Waals surface area contributed by atoms with Gasteiger partial charge in [-0.25, -0.2) is 0 Å². The maximum atomic E-state index is 11.2. The minimum Gasteiger partial charge on any atom is -0.501 e. The van der Waals surface area contributed by atoms with Crippen molar-refractivity contribution in [2.24, 2.45) is 0 Å². The maximum Gasteiger partial charge on any atom is 0.303 e. The molecule has 112 valence electrons. The number of methoxy groups -OCH3 is 1. The Hall–Kier alpha value is -1.55. The van der Waals surface area contributed by atoms with E-state index >= 15 is 0 Å². The molecule has 0 N–H and O–H groups in total. The molecule has 1 fully saturated rings. The Labute approximate surface area is 121 Å². The highest BCUT2D eigenvalue weighted by Crippen LogP contribution is 2.31. The van der Waals surface area contributed by atoms with Gasteiger partial charge in [-0.3, -0.25) is 4.79 Å². The zero-order valence-electron chi connectivity index (χ0n) is 12.8. The summed E-state index contributed by atoms with van der Waals surface area (Å²) >= 11 is 0. The summed E-state index contributed by atoms with van der Waals surface area (Å²) in [5.74, 6) is 0.551. The largest absolute Gasteiger partial charge is 0.501 e.